The summed E-state index contributed by atoms with van der Waals surface area (Å²) in [5.41, 5.74) is 0.608. The van der Waals surface area contributed by atoms with Crippen molar-refractivity contribution in [1.82, 2.24) is 5.16 Å². The fourth-order valence-electron chi connectivity index (χ4n) is 2.15. The number of sulfonamides is 1. The fourth-order valence-corrected chi connectivity index (χ4v) is 3.00. The van der Waals surface area contributed by atoms with Gasteiger partial charge in [0, 0.05) is 24.7 Å². The quantitative estimate of drug-likeness (QED) is 0.767. The van der Waals surface area contributed by atoms with E-state index in [0.29, 0.717) is 23.8 Å². The number of carbonyl (C=O) groups is 1. The second-order valence-electron chi connectivity index (χ2n) is 5.39. The zero-order valence-electron chi connectivity index (χ0n) is 14.4. The summed E-state index contributed by atoms with van der Waals surface area (Å²) in [7, 11) is -3.57. The first-order valence-corrected chi connectivity index (χ1v) is 9.58. The molecule has 0 aliphatic carbocycles. The van der Waals surface area contributed by atoms with Crippen molar-refractivity contribution in [3.8, 4) is 5.75 Å². The second kappa shape index (κ2) is 8.02. The van der Waals surface area contributed by atoms with Crippen molar-refractivity contribution >= 4 is 27.4 Å². The standard InChI is InChI=1S/C16H21N3O5S/c1-4-23-14-7-5-13(6-8-14)17-16(20)9-10-19(25(3,21)22)15-11-12(2)24-18-15/h5-8,11H,4,9-10H2,1-3H3,(H,17,20). The number of carbonyl (C=O) groups excluding carboxylic acids is 1. The van der Waals surface area contributed by atoms with Crippen molar-refractivity contribution in [2.45, 2.75) is 20.3 Å². The minimum Gasteiger partial charge on any atom is -0.494 e. The number of rotatable bonds is 8. The smallest absolute Gasteiger partial charge is 0.233 e. The summed E-state index contributed by atoms with van der Waals surface area (Å²) in [5, 5.41) is 6.41. The molecule has 0 radical (unpaired) electrons. The summed E-state index contributed by atoms with van der Waals surface area (Å²) in [6.45, 7) is 4.08. The molecule has 9 heteroatoms. The Balaban J connectivity index is 1.97. The van der Waals surface area contributed by atoms with E-state index < -0.39 is 10.0 Å². The molecule has 2 rings (SSSR count). The molecule has 136 valence electrons. The van der Waals surface area contributed by atoms with Crippen LogP contribution in [-0.4, -0.2) is 38.9 Å². The predicted molar refractivity (Wildman–Crippen MR) is 94.3 cm³/mol. The van der Waals surface area contributed by atoms with Crippen molar-refractivity contribution in [2.75, 3.05) is 29.0 Å². The molecule has 0 fully saturated rings. The Morgan fingerprint density at radius 3 is 2.52 bits per heavy atom. The summed E-state index contributed by atoms with van der Waals surface area (Å²) in [5.74, 6) is 1.06. The van der Waals surface area contributed by atoms with Gasteiger partial charge in [0.25, 0.3) is 0 Å². The average Bonchev–Trinajstić information content (AvgIpc) is 2.94. The molecule has 0 bridgehead atoms. The van der Waals surface area contributed by atoms with Crippen LogP contribution in [0, 0.1) is 6.92 Å². The number of amides is 1. The SMILES string of the molecule is CCOc1ccc(NC(=O)CCN(c2cc(C)on2)S(C)(=O)=O)cc1. The minimum atomic E-state index is -3.57. The molecule has 1 heterocycles. The lowest BCUT2D eigenvalue weighted by molar-refractivity contribution is -0.116. The molecular formula is C16H21N3O5S. The molecule has 1 aromatic heterocycles. The van der Waals surface area contributed by atoms with E-state index in [2.05, 4.69) is 10.5 Å². The van der Waals surface area contributed by atoms with E-state index in [9.17, 15) is 13.2 Å². The first-order chi connectivity index (χ1) is 11.8. The molecule has 1 aromatic carbocycles. The topological polar surface area (TPSA) is 102 Å². The number of nitrogens with zero attached hydrogens (tertiary/aromatic N) is 2. The maximum Gasteiger partial charge on any atom is 0.233 e. The highest BCUT2D eigenvalue weighted by Gasteiger charge is 2.21. The Labute approximate surface area is 146 Å². The van der Waals surface area contributed by atoms with E-state index in [1.165, 1.54) is 6.07 Å². The molecule has 25 heavy (non-hydrogen) atoms. The number of aryl methyl sites for hydroxylation is 1. The van der Waals surface area contributed by atoms with Crippen LogP contribution in [0.2, 0.25) is 0 Å². The van der Waals surface area contributed by atoms with Crippen LogP contribution in [0.3, 0.4) is 0 Å². The third-order valence-electron chi connectivity index (χ3n) is 3.26. The Bertz CT molecular complexity index is 815. The van der Waals surface area contributed by atoms with E-state index >= 15 is 0 Å². The van der Waals surface area contributed by atoms with Crippen LogP contribution in [0.15, 0.2) is 34.9 Å². The largest absolute Gasteiger partial charge is 0.494 e. The molecule has 0 saturated carbocycles. The van der Waals surface area contributed by atoms with Crippen molar-refractivity contribution < 1.29 is 22.5 Å². The maximum absolute atomic E-state index is 12.1. The zero-order valence-corrected chi connectivity index (χ0v) is 15.2. The van der Waals surface area contributed by atoms with Crippen LogP contribution in [0.25, 0.3) is 0 Å². The average molecular weight is 367 g/mol. The van der Waals surface area contributed by atoms with Gasteiger partial charge in [0.1, 0.15) is 11.5 Å². The monoisotopic (exact) mass is 367 g/mol. The van der Waals surface area contributed by atoms with Crippen molar-refractivity contribution in [1.29, 1.82) is 0 Å². The number of ether oxygens (including phenoxy) is 1. The number of aromatic nitrogens is 1. The molecule has 0 aliphatic heterocycles. The number of anilines is 2. The van der Waals surface area contributed by atoms with E-state index in [-0.39, 0.29) is 24.7 Å². The van der Waals surface area contributed by atoms with Crippen LogP contribution in [0.1, 0.15) is 19.1 Å². The van der Waals surface area contributed by atoms with Gasteiger partial charge >= 0.3 is 0 Å². The van der Waals surface area contributed by atoms with Crippen molar-refractivity contribution in [3.63, 3.8) is 0 Å². The lowest BCUT2D eigenvalue weighted by Crippen LogP contribution is -2.33. The van der Waals surface area contributed by atoms with Gasteiger partial charge in [-0.15, -0.1) is 0 Å². The number of hydrogen-bond acceptors (Lipinski definition) is 6. The van der Waals surface area contributed by atoms with Gasteiger partial charge in [-0.05, 0) is 38.1 Å². The molecule has 0 saturated heterocycles. The van der Waals surface area contributed by atoms with Crippen molar-refractivity contribution in [2.24, 2.45) is 0 Å². The highest BCUT2D eigenvalue weighted by Crippen LogP contribution is 2.18. The van der Waals surface area contributed by atoms with Gasteiger partial charge in [-0.1, -0.05) is 5.16 Å². The number of benzene rings is 1. The zero-order chi connectivity index (χ0) is 18.4. The van der Waals surface area contributed by atoms with Gasteiger partial charge in [0.05, 0.1) is 12.9 Å². The molecule has 8 nitrogen and oxygen atoms in total. The number of hydrogen-bond donors (Lipinski definition) is 1. The summed E-state index contributed by atoms with van der Waals surface area (Å²) in [6.07, 6.45) is 1.04. The molecule has 2 aromatic rings. The predicted octanol–water partition coefficient (Wildman–Crippen LogP) is 2.18. The second-order valence-corrected chi connectivity index (χ2v) is 7.29. The van der Waals surface area contributed by atoms with E-state index in [0.717, 1.165) is 10.6 Å². The summed E-state index contributed by atoms with van der Waals surface area (Å²) in [6, 6.07) is 8.45. The maximum atomic E-state index is 12.1. The van der Waals surface area contributed by atoms with Gasteiger partial charge in [-0.25, -0.2) is 8.42 Å². The molecule has 0 aliphatic rings. The highest BCUT2D eigenvalue weighted by molar-refractivity contribution is 7.92. The minimum absolute atomic E-state index is 0.0216. The van der Waals surface area contributed by atoms with E-state index in [1.54, 1.807) is 31.2 Å². The van der Waals surface area contributed by atoms with Crippen LogP contribution < -0.4 is 14.4 Å². The summed E-state index contributed by atoms with van der Waals surface area (Å²) in [4.78, 5) is 12.1. The Morgan fingerprint density at radius 1 is 1.32 bits per heavy atom. The van der Waals surface area contributed by atoms with Gasteiger partial charge in [-0.3, -0.25) is 9.10 Å². The highest BCUT2D eigenvalue weighted by atomic mass is 32.2. The molecule has 0 atom stereocenters. The van der Waals surface area contributed by atoms with Gasteiger partial charge < -0.3 is 14.6 Å². The normalized spacial score (nSPS) is 11.2. The Kier molecular flexibility index (Phi) is 6.02. The molecule has 1 N–H and O–H groups in total. The van der Waals surface area contributed by atoms with Gasteiger partial charge in [-0.2, -0.15) is 0 Å². The number of nitrogens with one attached hydrogen (secondary N) is 1. The van der Waals surface area contributed by atoms with Crippen LogP contribution >= 0.6 is 0 Å². The first kappa shape index (κ1) is 18.8. The van der Waals surface area contributed by atoms with Crippen LogP contribution in [0.5, 0.6) is 5.75 Å². The molecule has 1 amide bonds. The van der Waals surface area contributed by atoms with E-state index in [4.69, 9.17) is 9.26 Å². The van der Waals surface area contributed by atoms with E-state index in [1.807, 2.05) is 6.92 Å². The fraction of sp³-hybridized carbons (Fsp3) is 0.375. The van der Waals surface area contributed by atoms with Crippen LogP contribution in [-0.2, 0) is 14.8 Å². The summed E-state index contributed by atoms with van der Waals surface area (Å²) >= 11 is 0. The first-order valence-electron chi connectivity index (χ1n) is 7.73. The molecule has 0 spiro atoms. The van der Waals surface area contributed by atoms with Crippen molar-refractivity contribution in [3.05, 3.63) is 36.1 Å². The van der Waals surface area contributed by atoms with Gasteiger partial charge in [0.15, 0.2) is 5.82 Å². The lowest BCUT2D eigenvalue weighted by atomic mass is 10.3. The molecular weight excluding hydrogens is 346 g/mol. The Hall–Kier alpha value is -2.55. The lowest BCUT2D eigenvalue weighted by Gasteiger charge is -2.18. The Morgan fingerprint density at radius 2 is 2.00 bits per heavy atom. The summed E-state index contributed by atoms with van der Waals surface area (Å²) < 4.78 is 35.1. The third kappa shape index (κ3) is 5.49. The van der Waals surface area contributed by atoms with Crippen LogP contribution in [0.4, 0.5) is 11.5 Å². The molecule has 0 unspecified atom stereocenters. The van der Waals surface area contributed by atoms with Gasteiger partial charge in [0.2, 0.25) is 15.9 Å². The third-order valence-corrected chi connectivity index (χ3v) is 4.43.